The Morgan fingerprint density at radius 1 is 0.957 bits per heavy atom. The lowest BCUT2D eigenvalue weighted by atomic mass is 9.84. The maximum Gasteiger partial charge on any atom is 0.253 e. The van der Waals surface area contributed by atoms with Gasteiger partial charge in [0.15, 0.2) is 0 Å². The minimum absolute atomic E-state index is 0.196. The van der Waals surface area contributed by atoms with Crippen molar-refractivity contribution in [2.24, 2.45) is 17.6 Å². The minimum Gasteiger partial charge on any atom is -0.338 e. The molecular weight excluding hydrogens is 284 g/mol. The lowest BCUT2D eigenvalue weighted by Crippen LogP contribution is -2.33. The lowest BCUT2D eigenvalue weighted by molar-refractivity contribution is 0.0779. The molecule has 23 heavy (non-hydrogen) atoms. The van der Waals surface area contributed by atoms with Crippen LogP contribution in [0.3, 0.4) is 0 Å². The average molecular weight is 312 g/mol. The Bertz CT molecular complexity index is 562. The molecule has 1 amide bonds. The van der Waals surface area contributed by atoms with Crippen LogP contribution in [0.5, 0.6) is 0 Å². The summed E-state index contributed by atoms with van der Waals surface area (Å²) in [6.45, 7) is 1.76. The summed E-state index contributed by atoms with van der Waals surface area (Å²) in [5.74, 6) is 2.06. The summed E-state index contributed by atoms with van der Waals surface area (Å²) in [7, 11) is 0. The smallest absolute Gasteiger partial charge is 0.253 e. The van der Waals surface area contributed by atoms with Gasteiger partial charge in [-0.05, 0) is 61.1 Å². The third-order valence-corrected chi connectivity index (χ3v) is 6.43. The first-order valence-electron chi connectivity index (χ1n) is 9.37. The number of carbonyl (C=O) groups excluding carboxylic acids is 1. The number of carbonyl (C=O) groups is 1. The van der Waals surface area contributed by atoms with Gasteiger partial charge in [0.05, 0.1) is 0 Å². The summed E-state index contributed by atoms with van der Waals surface area (Å²) in [6, 6.07) is 8.75. The van der Waals surface area contributed by atoms with E-state index in [1.54, 1.807) is 0 Å². The summed E-state index contributed by atoms with van der Waals surface area (Å²) in [5, 5.41) is 0. The van der Waals surface area contributed by atoms with Crippen molar-refractivity contribution < 1.29 is 4.79 Å². The number of fused-ring (bicyclic) bond motifs is 1. The molecule has 4 rings (SSSR count). The summed E-state index contributed by atoms with van der Waals surface area (Å²) in [5.41, 5.74) is 8.45. The van der Waals surface area contributed by atoms with Crippen LogP contribution in [-0.2, 0) is 0 Å². The first kappa shape index (κ1) is 15.2. The molecule has 0 spiro atoms. The zero-order chi connectivity index (χ0) is 15.8. The van der Waals surface area contributed by atoms with Gasteiger partial charge in [-0.3, -0.25) is 4.79 Å². The van der Waals surface area contributed by atoms with E-state index in [2.05, 4.69) is 12.1 Å². The van der Waals surface area contributed by atoms with Crippen molar-refractivity contribution in [3.05, 3.63) is 35.4 Å². The van der Waals surface area contributed by atoms with E-state index in [1.165, 1.54) is 44.1 Å². The van der Waals surface area contributed by atoms with Crippen molar-refractivity contribution in [2.75, 3.05) is 13.1 Å². The number of amides is 1. The van der Waals surface area contributed by atoms with E-state index in [4.69, 9.17) is 5.73 Å². The van der Waals surface area contributed by atoms with Crippen LogP contribution in [0.4, 0.5) is 0 Å². The van der Waals surface area contributed by atoms with Crippen molar-refractivity contribution in [3.8, 4) is 0 Å². The average Bonchev–Trinajstić information content (AvgIpc) is 3.18. The summed E-state index contributed by atoms with van der Waals surface area (Å²) in [4.78, 5) is 14.8. The molecule has 2 N–H and O–H groups in total. The molecule has 3 aliphatic rings. The van der Waals surface area contributed by atoms with Gasteiger partial charge in [-0.25, -0.2) is 0 Å². The SMILES string of the molecule is NC1CCC2CN(C(=O)c3ccc(C4CCCCC4)cc3)CC12. The predicted octanol–water partition coefficient (Wildman–Crippen LogP) is 3.54. The fourth-order valence-corrected chi connectivity index (χ4v) is 4.99. The highest BCUT2D eigenvalue weighted by atomic mass is 16.2. The molecule has 2 aliphatic carbocycles. The highest BCUT2D eigenvalue weighted by Gasteiger charge is 2.42. The van der Waals surface area contributed by atoms with Gasteiger partial charge >= 0.3 is 0 Å². The van der Waals surface area contributed by atoms with Gasteiger partial charge < -0.3 is 10.6 Å². The second-order valence-corrected chi connectivity index (χ2v) is 7.83. The highest BCUT2D eigenvalue weighted by Crippen LogP contribution is 2.38. The third kappa shape index (κ3) is 2.91. The monoisotopic (exact) mass is 312 g/mol. The minimum atomic E-state index is 0.196. The third-order valence-electron chi connectivity index (χ3n) is 6.43. The maximum atomic E-state index is 12.8. The molecule has 3 nitrogen and oxygen atoms in total. The Hall–Kier alpha value is -1.35. The molecule has 1 aromatic rings. The molecule has 1 saturated heterocycles. The Morgan fingerprint density at radius 2 is 1.70 bits per heavy atom. The summed E-state index contributed by atoms with van der Waals surface area (Å²) in [6.07, 6.45) is 9.02. The van der Waals surface area contributed by atoms with Crippen LogP contribution in [0, 0.1) is 11.8 Å². The molecule has 3 heteroatoms. The Kier molecular flexibility index (Phi) is 4.14. The van der Waals surface area contributed by atoms with Crippen LogP contribution >= 0.6 is 0 Å². The van der Waals surface area contributed by atoms with Gasteiger partial charge in [0.2, 0.25) is 0 Å². The molecule has 1 aliphatic heterocycles. The molecular formula is C20H28N2O. The number of nitrogens with zero attached hydrogens (tertiary/aromatic N) is 1. The van der Waals surface area contributed by atoms with E-state index in [0.29, 0.717) is 23.8 Å². The lowest BCUT2D eigenvalue weighted by Gasteiger charge is -2.22. The highest BCUT2D eigenvalue weighted by molar-refractivity contribution is 5.94. The van der Waals surface area contributed by atoms with E-state index in [0.717, 1.165) is 25.1 Å². The van der Waals surface area contributed by atoms with Crippen molar-refractivity contribution in [1.82, 2.24) is 4.90 Å². The zero-order valence-electron chi connectivity index (χ0n) is 13.9. The number of likely N-dealkylation sites (tertiary alicyclic amines) is 1. The molecule has 3 fully saturated rings. The van der Waals surface area contributed by atoms with Gasteiger partial charge in [0.25, 0.3) is 5.91 Å². The molecule has 124 valence electrons. The zero-order valence-corrected chi connectivity index (χ0v) is 13.9. The quantitative estimate of drug-likeness (QED) is 0.908. The largest absolute Gasteiger partial charge is 0.338 e. The fraction of sp³-hybridized carbons (Fsp3) is 0.650. The Morgan fingerprint density at radius 3 is 2.39 bits per heavy atom. The normalized spacial score (nSPS) is 31.3. The van der Waals surface area contributed by atoms with E-state index in [1.807, 2.05) is 17.0 Å². The molecule has 3 atom stereocenters. The van der Waals surface area contributed by atoms with E-state index < -0.39 is 0 Å². The second-order valence-electron chi connectivity index (χ2n) is 7.83. The standard InChI is InChI=1S/C20H28N2O/c21-19-11-10-17-12-22(13-18(17)19)20(23)16-8-6-15(7-9-16)14-4-2-1-3-5-14/h6-9,14,17-19H,1-5,10-13,21H2. The number of benzene rings is 1. The van der Waals surface area contributed by atoms with Crippen molar-refractivity contribution >= 4 is 5.91 Å². The first-order chi connectivity index (χ1) is 11.2. The van der Waals surface area contributed by atoms with Crippen LogP contribution in [0.1, 0.15) is 66.8 Å². The van der Waals surface area contributed by atoms with Gasteiger partial charge in [-0.2, -0.15) is 0 Å². The molecule has 1 heterocycles. The van der Waals surface area contributed by atoms with E-state index in [9.17, 15) is 4.79 Å². The van der Waals surface area contributed by atoms with E-state index >= 15 is 0 Å². The van der Waals surface area contributed by atoms with Gasteiger partial charge in [0.1, 0.15) is 0 Å². The van der Waals surface area contributed by atoms with Crippen molar-refractivity contribution in [3.63, 3.8) is 0 Å². The van der Waals surface area contributed by atoms with Gasteiger partial charge in [0, 0.05) is 24.7 Å². The first-order valence-corrected chi connectivity index (χ1v) is 9.37. The van der Waals surface area contributed by atoms with Crippen LogP contribution in [0.2, 0.25) is 0 Å². The van der Waals surface area contributed by atoms with Crippen molar-refractivity contribution in [2.45, 2.75) is 56.9 Å². The molecule has 0 radical (unpaired) electrons. The predicted molar refractivity (Wildman–Crippen MR) is 92.4 cm³/mol. The summed E-state index contributed by atoms with van der Waals surface area (Å²) < 4.78 is 0. The number of hydrogen-bond donors (Lipinski definition) is 1. The van der Waals surface area contributed by atoms with Crippen molar-refractivity contribution in [1.29, 1.82) is 0 Å². The summed E-state index contributed by atoms with van der Waals surface area (Å²) >= 11 is 0. The van der Waals surface area contributed by atoms with E-state index in [-0.39, 0.29) is 5.91 Å². The number of rotatable bonds is 2. The Labute approximate surface area is 139 Å². The molecule has 0 aromatic heterocycles. The molecule has 2 saturated carbocycles. The number of hydrogen-bond acceptors (Lipinski definition) is 2. The Balaban J connectivity index is 1.43. The topological polar surface area (TPSA) is 46.3 Å². The molecule has 1 aromatic carbocycles. The van der Waals surface area contributed by atoms with Crippen LogP contribution in [0.25, 0.3) is 0 Å². The van der Waals surface area contributed by atoms with Crippen LogP contribution < -0.4 is 5.73 Å². The van der Waals surface area contributed by atoms with Gasteiger partial charge in [-0.15, -0.1) is 0 Å². The second kappa shape index (κ2) is 6.27. The van der Waals surface area contributed by atoms with Crippen LogP contribution in [0.15, 0.2) is 24.3 Å². The number of nitrogens with two attached hydrogens (primary N) is 1. The van der Waals surface area contributed by atoms with Crippen LogP contribution in [-0.4, -0.2) is 29.9 Å². The fourth-order valence-electron chi connectivity index (χ4n) is 4.99. The van der Waals surface area contributed by atoms with Gasteiger partial charge in [-0.1, -0.05) is 31.4 Å². The molecule has 0 bridgehead atoms. The molecule has 3 unspecified atom stereocenters. The maximum absolute atomic E-state index is 12.8.